The number of rotatable bonds is 9. The van der Waals surface area contributed by atoms with Crippen molar-refractivity contribution in [3.63, 3.8) is 0 Å². The first-order valence-electron chi connectivity index (χ1n) is 9.19. The highest BCUT2D eigenvalue weighted by atomic mass is 16.4. The Bertz CT molecular complexity index is 1100. The maximum atomic E-state index is 12.9. The molecule has 14 heteroatoms. The Morgan fingerprint density at radius 2 is 1.12 bits per heavy atom. The molecular weight excluding hydrogens is 464 g/mol. The summed E-state index contributed by atoms with van der Waals surface area (Å²) in [5.74, 6) is -12.1. The van der Waals surface area contributed by atoms with E-state index < -0.39 is 93.5 Å². The average molecular weight is 484 g/mol. The Labute approximate surface area is 189 Å². The van der Waals surface area contributed by atoms with Gasteiger partial charge < -0.3 is 56.2 Å². The monoisotopic (exact) mass is 484 g/mol. The second kappa shape index (κ2) is 9.50. The van der Waals surface area contributed by atoms with Crippen LogP contribution in [0.25, 0.3) is 0 Å². The van der Waals surface area contributed by atoms with Gasteiger partial charge in [-0.05, 0) is 24.3 Å². The van der Waals surface area contributed by atoms with E-state index in [0.717, 1.165) is 0 Å². The average Bonchev–Trinajstić information content (AvgIpc) is 2.81. The van der Waals surface area contributed by atoms with E-state index >= 15 is 0 Å². The molecule has 4 atom stereocenters. The third kappa shape index (κ3) is 4.43. The van der Waals surface area contributed by atoms with Crippen molar-refractivity contribution in [2.24, 2.45) is 0 Å². The molecular formula is C20H20O14. The highest BCUT2D eigenvalue weighted by Gasteiger charge is 2.57. The molecule has 0 saturated heterocycles. The van der Waals surface area contributed by atoms with Gasteiger partial charge in [-0.15, -0.1) is 0 Å². The predicted octanol–water partition coefficient (Wildman–Crippen LogP) is -2.64. The number of aromatic hydroxyl groups is 6. The highest BCUT2D eigenvalue weighted by Crippen LogP contribution is 2.38. The summed E-state index contributed by atoms with van der Waals surface area (Å²) in [6, 6.07) is 1.93. The van der Waals surface area contributed by atoms with E-state index in [1.165, 1.54) is 0 Å². The van der Waals surface area contributed by atoms with Gasteiger partial charge in [0, 0.05) is 11.1 Å². The first-order chi connectivity index (χ1) is 15.7. The molecule has 0 spiro atoms. The van der Waals surface area contributed by atoms with Crippen molar-refractivity contribution in [2.45, 2.75) is 23.9 Å². The Morgan fingerprint density at radius 3 is 1.50 bits per heavy atom. The summed E-state index contributed by atoms with van der Waals surface area (Å²) in [6.07, 6.45) is -8.36. The number of hydrogen-bond donors (Lipinski definition) is 11. The number of benzene rings is 2. The van der Waals surface area contributed by atoms with Crippen LogP contribution in [-0.2, 0) is 4.79 Å². The lowest BCUT2D eigenvalue weighted by molar-refractivity contribution is -0.179. The summed E-state index contributed by atoms with van der Waals surface area (Å²) in [7, 11) is 0. The molecule has 0 radical (unpaired) electrons. The Morgan fingerprint density at radius 1 is 0.735 bits per heavy atom. The zero-order valence-electron chi connectivity index (χ0n) is 16.9. The molecule has 0 aliphatic rings. The molecule has 0 bridgehead atoms. The van der Waals surface area contributed by atoms with Crippen molar-refractivity contribution in [1.82, 2.24) is 0 Å². The molecule has 2 rings (SSSR count). The molecule has 2 aromatic rings. The maximum Gasteiger partial charge on any atom is 0.240 e. The van der Waals surface area contributed by atoms with Gasteiger partial charge in [-0.3, -0.25) is 14.4 Å². The molecule has 11 N–H and O–H groups in total. The van der Waals surface area contributed by atoms with Crippen LogP contribution in [0.1, 0.15) is 20.7 Å². The minimum absolute atomic E-state index is 0.467. The highest BCUT2D eigenvalue weighted by molar-refractivity contribution is 6.47. The van der Waals surface area contributed by atoms with Crippen LogP contribution in [-0.4, -0.2) is 104 Å². The molecule has 1 unspecified atom stereocenters. The van der Waals surface area contributed by atoms with E-state index in [4.69, 9.17) is 5.11 Å². The summed E-state index contributed by atoms with van der Waals surface area (Å²) < 4.78 is 0. The number of aliphatic hydroxyl groups excluding tert-OH is 4. The van der Waals surface area contributed by atoms with Crippen LogP contribution in [0.5, 0.6) is 34.5 Å². The van der Waals surface area contributed by atoms with Crippen molar-refractivity contribution in [3.8, 4) is 34.5 Å². The summed E-state index contributed by atoms with van der Waals surface area (Å²) in [5.41, 5.74) is -5.59. The standard InChI is InChI=1S/C20H20O14/c21-5-12(26)17(31)20(34,18(32)13(27)6-1-8(22)15(29)9(23)2-6)19(33)14(28)7-3-10(24)16(30)11(25)4-7/h1-4,12,17-18,21-26,29-32,34H,5H2/t12-,17-,18?,20+/m1/s1. The molecule has 34 heavy (non-hydrogen) atoms. The van der Waals surface area contributed by atoms with Gasteiger partial charge in [0.05, 0.1) is 6.61 Å². The number of ketones is 3. The largest absolute Gasteiger partial charge is 0.504 e. The third-order valence-corrected chi connectivity index (χ3v) is 4.92. The van der Waals surface area contributed by atoms with Crippen molar-refractivity contribution in [1.29, 1.82) is 0 Å². The molecule has 184 valence electrons. The molecule has 0 saturated carbocycles. The van der Waals surface area contributed by atoms with Gasteiger partial charge in [-0.25, -0.2) is 0 Å². The van der Waals surface area contributed by atoms with Crippen LogP contribution < -0.4 is 0 Å². The smallest absolute Gasteiger partial charge is 0.240 e. The van der Waals surface area contributed by atoms with Gasteiger partial charge in [-0.2, -0.15) is 0 Å². The molecule has 0 amide bonds. The molecule has 2 aromatic carbocycles. The first-order valence-corrected chi connectivity index (χ1v) is 9.19. The van der Waals surface area contributed by atoms with Gasteiger partial charge in [-0.1, -0.05) is 0 Å². The molecule has 0 aliphatic heterocycles. The van der Waals surface area contributed by atoms with E-state index in [1.807, 2.05) is 0 Å². The number of hydrogen-bond acceptors (Lipinski definition) is 14. The summed E-state index contributed by atoms with van der Waals surface area (Å²) >= 11 is 0. The SMILES string of the molecule is O=C(C(=O)[C@@](O)(C(O)C(=O)c1cc(O)c(O)c(O)c1)[C@H](O)[C@H](O)CO)c1cc(O)c(O)c(O)c1. The second-order valence-corrected chi connectivity index (χ2v) is 7.17. The van der Waals surface area contributed by atoms with E-state index in [1.54, 1.807) is 0 Å². The molecule has 0 aliphatic carbocycles. The zero-order chi connectivity index (χ0) is 26.1. The van der Waals surface area contributed by atoms with Gasteiger partial charge in [0.15, 0.2) is 52.0 Å². The summed E-state index contributed by atoms with van der Waals surface area (Å²) in [4.78, 5) is 38.2. The van der Waals surface area contributed by atoms with E-state index in [-0.39, 0.29) is 0 Å². The lowest BCUT2D eigenvalue weighted by atomic mass is 9.77. The fourth-order valence-corrected chi connectivity index (χ4v) is 2.97. The van der Waals surface area contributed by atoms with Gasteiger partial charge in [0.25, 0.3) is 0 Å². The maximum absolute atomic E-state index is 12.9. The normalized spacial score (nSPS) is 15.7. The number of carbonyl (C=O) groups is 3. The Hall–Kier alpha value is -3.95. The van der Waals surface area contributed by atoms with Crippen LogP contribution in [0.4, 0.5) is 0 Å². The van der Waals surface area contributed by atoms with Crippen LogP contribution in [0.3, 0.4) is 0 Å². The lowest BCUT2D eigenvalue weighted by Gasteiger charge is -2.36. The number of carbonyl (C=O) groups excluding carboxylic acids is 3. The van der Waals surface area contributed by atoms with Crippen LogP contribution >= 0.6 is 0 Å². The Kier molecular flexibility index (Phi) is 7.35. The fraction of sp³-hybridized carbons (Fsp3) is 0.250. The molecule has 0 aromatic heterocycles. The second-order valence-electron chi connectivity index (χ2n) is 7.17. The van der Waals surface area contributed by atoms with E-state index in [9.17, 15) is 65.4 Å². The molecule has 0 heterocycles. The predicted molar refractivity (Wildman–Crippen MR) is 107 cm³/mol. The van der Waals surface area contributed by atoms with Crippen molar-refractivity contribution < 1.29 is 70.6 Å². The van der Waals surface area contributed by atoms with Crippen LogP contribution in [0.2, 0.25) is 0 Å². The zero-order valence-corrected chi connectivity index (χ0v) is 16.9. The quantitative estimate of drug-likeness (QED) is 0.0986. The Balaban J connectivity index is 2.61. The summed E-state index contributed by atoms with van der Waals surface area (Å²) in [6.45, 7) is -1.33. The third-order valence-electron chi connectivity index (χ3n) is 4.92. The van der Waals surface area contributed by atoms with Gasteiger partial charge in [0.1, 0.15) is 12.2 Å². The van der Waals surface area contributed by atoms with Crippen molar-refractivity contribution in [2.75, 3.05) is 6.61 Å². The fourth-order valence-electron chi connectivity index (χ4n) is 2.97. The number of phenolic OH excluding ortho intramolecular Hbond substituents is 6. The van der Waals surface area contributed by atoms with Gasteiger partial charge in [0.2, 0.25) is 11.6 Å². The topological polar surface area (TPSA) is 274 Å². The van der Waals surface area contributed by atoms with E-state index in [2.05, 4.69) is 0 Å². The molecule has 14 nitrogen and oxygen atoms in total. The summed E-state index contributed by atoms with van der Waals surface area (Å²) in [5, 5.41) is 107. The minimum Gasteiger partial charge on any atom is -0.504 e. The first kappa shape index (κ1) is 26.3. The molecule has 0 fully saturated rings. The number of aliphatic hydroxyl groups is 5. The van der Waals surface area contributed by atoms with E-state index in [0.29, 0.717) is 24.3 Å². The minimum atomic E-state index is -3.87. The van der Waals surface area contributed by atoms with Crippen LogP contribution in [0, 0.1) is 0 Å². The van der Waals surface area contributed by atoms with Gasteiger partial charge >= 0.3 is 0 Å². The van der Waals surface area contributed by atoms with Crippen LogP contribution in [0.15, 0.2) is 24.3 Å². The van der Waals surface area contributed by atoms with Crippen molar-refractivity contribution >= 4 is 17.3 Å². The lowest BCUT2D eigenvalue weighted by Crippen LogP contribution is -2.66. The number of phenols is 6. The van der Waals surface area contributed by atoms with Crippen molar-refractivity contribution in [3.05, 3.63) is 35.4 Å². The number of Topliss-reactive ketones (excluding diaryl/α,β-unsaturated/α-hetero) is 3.